The lowest BCUT2D eigenvalue weighted by Gasteiger charge is -2.19. The molecule has 1 aromatic carbocycles. The summed E-state index contributed by atoms with van der Waals surface area (Å²) in [6.07, 6.45) is -0.574. The monoisotopic (exact) mass is 261 g/mol. The summed E-state index contributed by atoms with van der Waals surface area (Å²) in [6, 6.07) is 5.78. The van der Waals surface area contributed by atoms with Gasteiger partial charge in [0, 0.05) is 12.3 Å². The maximum absolute atomic E-state index is 11.8. The number of β-amino-alcohol motifs (C(OH)–C–C–N with tert-alkyl or cyclic N) is 1. The highest BCUT2D eigenvalue weighted by Crippen LogP contribution is 2.23. The minimum atomic E-state index is -0.822. The van der Waals surface area contributed by atoms with Crippen LogP contribution in [0.2, 0.25) is 0 Å². The number of aliphatic hydroxyl groups excluding tert-OH is 1. The van der Waals surface area contributed by atoms with Gasteiger partial charge in [-0.05, 0) is 19.4 Å². The third kappa shape index (κ3) is 2.84. The van der Waals surface area contributed by atoms with Crippen LogP contribution in [0, 0.1) is 19.8 Å². The van der Waals surface area contributed by atoms with E-state index < -0.39 is 6.10 Å². The van der Waals surface area contributed by atoms with E-state index in [1.807, 2.05) is 32.0 Å². The second kappa shape index (κ2) is 5.13. The van der Waals surface area contributed by atoms with Crippen LogP contribution >= 0.6 is 0 Å². The van der Waals surface area contributed by atoms with E-state index in [1.54, 1.807) is 6.92 Å². The zero-order valence-corrected chi connectivity index (χ0v) is 11.5. The van der Waals surface area contributed by atoms with E-state index in [0.29, 0.717) is 0 Å². The molecule has 19 heavy (non-hydrogen) atoms. The Labute approximate surface area is 113 Å². The number of imide groups is 1. The Kier molecular flexibility index (Phi) is 3.71. The SMILES string of the molecule is Cc1cc(C)cc(C(O)CN2C(=O)CC(C)C2=O)c1. The highest BCUT2D eigenvalue weighted by molar-refractivity contribution is 6.03. The quantitative estimate of drug-likeness (QED) is 0.843. The fourth-order valence-corrected chi connectivity index (χ4v) is 2.52. The van der Waals surface area contributed by atoms with Crippen molar-refractivity contribution >= 4 is 11.8 Å². The predicted molar refractivity (Wildman–Crippen MR) is 71.4 cm³/mol. The van der Waals surface area contributed by atoms with E-state index >= 15 is 0 Å². The van der Waals surface area contributed by atoms with Crippen LogP contribution in [-0.2, 0) is 9.59 Å². The lowest BCUT2D eigenvalue weighted by atomic mass is 10.0. The van der Waals surface area contributed by atoms with Gasteiger partial charge in [-0.3, -0.25) is 14.5 Å². The van der Waals surface area contributed by atoms with E-state index in [1.165, 1.54) is 4.90 Å². The van der Waals surface area contributed by atoms with Gasteiger partial charge in [-0.25, -0.2) is 0 Å². The molecular weight excluding hydrogens is 242 g/mol. The molecule has 1 aromatic rings. The molecule has 2 rings (SSSR count). The van der Waals surface area contributed by atoms with Crippen LogP contribution in [-0.4, -0.2) is 28.4 Å². The fourth-order valence-electron chi connectivity index (χ4n) is 2.52. The van der Waals surface area contributed by atoms with E-state index in [2.05, 4.69) is 0 Å². The van der Waals surface area contributed by atoms with Gasteiger partial charge < -0.3 is 5.11 Å². The molecule has 0 radical (unpaired) electrons. The molecule has 2 atom stereocenters. The Morgan fingerprint density at radius 2 is 1.84 bits per heavy atom. The summed E-state index contributed by atoms with van der Waals surface area (Å²) in [7, 11) is 0. The summed E-state index contributed by atoms with van der Waals surface area (Å²) in [6.45, 7) is 5.70. The Bertz CT molecular complexity index is 504. The molecule has 2 unspecified atom stereocenters. The standard InChI is InChI=1S/C15H19NO3/c1-9-4-10(2)6-12(5-9)13(17)8-16-14(18)7-11(3)15(16)19/h4-6,11,13,17H,7-8H2,1-3H3. The third-order valence-corrected chi connectivity index (χ3v) is 3.45. The molecule has 1 N–H and O–H groups in total. The van der Waals surface area contributed by atoms with Gasteiger partial charge in [-0.15, -0.1) is 0 Å². The van der Waals surface area contributed by atoms with Crippen LogP contribution in [0.3, 0.4) is 0 Å². The first-order chi connectivity index (χ1) is 8.88. The van der Waals surface area contributed by atoms with Crippen molar-refractivity contribution in [2.24, 2.45) is 5.92 Å². The highest BCUT2D eigenvalue weighted by Gasteiger charge is 2.36. The summed E-state index contributed by atoms with van der Waals surface area (Å²) >= 11 is 0. The average molecular weight is 261 g/mol. The first-order valence-corrected chi connectivity index (χ1v) is 6.49. The maximum Gasteiger partial charge on any atom is 0.232 e. The summed E-state index contributed by atoms with van der Waals surface area (Å²) in [5, 5.41) is 10.2. The summed E-state index contributed by atoms with van der Waals surface area (Å²) in [4.78, 5) is 24.7. The number of benzene rings is 1. The van der Waals surface area contributed by atoms with E-state index in [0.717, 1.165) is 16.7 Å². The summed E-state index contributed by atoms with van der Waals surface area (Å²) < 4.78 is 0. The van der Waals surface area contributed by atoms with Gasteiger partial charge in [0.1, 0.15) is 0 Å². The Morgan fingerprint density at radius 1 is 1.26 bits per heavy atom. The van der Waals surface area contributed by atoms with E-state index in [9.17, 15) is 14.7 Å². The summed E-state index contributed by atoms with van der Waals surface area (Å²) in [5.74, 6) is -0.645. The van der Waals surface area contributed by atoms with Crippen molar-refractivity contribution in [1.29, 1.82) is 0 Å². The number of rotatable bonds is 3. The van der Waals surface area contributed by atoms with Gasteiger partial charge in [0.25, 0.3) is 0 Å². The van der Waals surface area contributed by atoms with Gasteiger partial charge in [-0.1, -0.05) is 36.2 Å². The predicted octanol–water partition coefficient (Wildman–Crippen LogP) is 1.73. The van der Waals surface area contributed by atoms with Crippen LogP contribution in [0.25, 0.3) is 0 Å². The Morgan fingerprint density at radius 3 is 2.32 bits per heavy atom. The number of hydrogen-bond acceptors (Lipinski definition) is 3. The number of nitrogens with zero attached hydrogens (tertiary/aromatic N) is 1. The Hall–Kier alpha value is -1.68. The number of hydrogen-bond donors (Lipinski definition) is 1. The third-order valence-electron chi connectivity index (χ3n) is 3.45. The van der Waals surface area contributed by atoms with Gasteiger partial charge in [-0.2, -0.15) is 0 Å². The molecular formula is C15H19NO3. The molecule has 0 spiro atoms. The lowest BCUT2D eigenvalue weighted by Crippen LogP contribution is -2.34. The molecule has 1 saturated heterocycles. The molecule has 1 aliphatic rings. The van der Waals surface area contributed by atoms with Crippen LogP contribution in [0.5, 0.6) is 0 Å². The maximum atomic E-state index is 11.8. The first-order valence-electron chi connectivity index (χ1n) is 6.49. The lowest BCUT2D eigenvalue weighted by molar-refractivity contribution is -0.140. The van der Waals surface area contributed by atoms with Crippen molar-refractivity contribution < 1.29 is 14.7 Å². The van der Waals surface area contributed by atoms with Crippen molar-refractivity contribution in [3.8, 4) is 0 Å². The van der Waals surface area contributed by atoms with Crippen molar-refractivity contribution in [3.05, 3.63) is 34.9 Å². The van der Waals surface area contributed by atoms with Crippen LogP contribution in [0.1, 0.15) is 36.1 Å². The van der Waals surface area contributed by atoms with E-state index in [-0.39, 0.29) is 30.7 Å². The number of carbonyl (C=O) groups is 2. The molecule has 0 aliphatic carbocycles. The molecule has 0 saturated carbocycles. The van der Waals surface area contributed by atoms with Gasteiger partial charge >= 0.3 is 0 Å². The number of likely N-dealkylation sites (tertiary alicyclic amines) is 1. The smallest absolute Gasteiger partial charge is 0.232 e. The summed E-state index contributed by atoms with van der Waals surface area (Å²) in [5.41, 5.74) is 2.86. The number of carbonyl (C=O) groups excluding carboxylic acids is 2. The Balaban J connectivity index is 2.15. The van der Waals surface area contributed by atoms with Crippen LogP contribution < -0.4 is 0 Å². The molecule has 1 aliphatic heterocycles. The topological polar surface area (TPSA) is 57.6 Å². The van der Waals surface area contributed by atoms with Crippen LogP contribution in [0.4, 0.5) is 0 Å². The van der Waals surface area contributed by atoms with Gasteiger partial charge in [0.05, 0.1) is 12.6 Å². The molecule has 1 heterocycles. The van der Waals surface area contributed by atoms with E-state index in [4.69, 9.17) is 0 Å². The van der Waals surface area contributed by atoms with Crippen LogP contribution in [0.15, 0.2) is 18.2 Å². The molecule has 4 nitrogen and oxygen atoms in total. The number of aryl methyl sites for hydroxylation is 2. The van der Waals surface area contributed by atoms with Gasteiger partial charge in [0.2, 0.25) is 11.8 Å². The molecule has 0 bridgehead atoms. The molecule has 1 fully saturated rings. The number of amides is 2. The largest absolute Gasteiger partial charge is 0.387 e. The minimum absolute atomic E-state index is 0.0465. The zero-order valence-electron chi connectivity index (χ0n) is 11.5. The second-order valence-electron chi connectivity index (χ2n) is 5.38. The molecule has 102 valence electrons. The normalized spacial score (nSPS) is 21.1. The number of aliphatic hydroxyl groups is 1. The zero-order chi connectivity index (χ0) is 14.2. The highest BCUT2D eigenvalue weighted by atomic mass is 16.3. The van der Waals surface area contributed by atoms with Crippen molar-refractivity contribution in [3.63, 3.8) is 0 Å². The van der Waals surface area contributed by atoms with Gasteiger partial charge in [0.15, 0.2) is 0 Å². The average Bonchev–Trinajstić information content (AvgIpc) is 2.54. The second-order valence-corrected chi connectivity index (χ2v) is 5.38. The van der Waals surface area contributed by atoms with Crippen molar-refractivity contribution in [1.82, 2.24) is 4.90 Å². The molecule has 0 aromatic heterocycles. The first kappa shape index (κ1) is 13.7. The molecule has 4 heteroatoms. The fraction of sp³-hybridized carbons (Fsp3) is 0.467. The molecule has 2 amide bonds. The minimum Gasteiger partial charge on any atom is -0.387 e. The van der Waals surface area contributed by atoms with Crippen molar-refractivity contribution in [2.45, 2.75) is 33.3 Å². The van der Waals surface area contributed by atoms with Crippen molar-refractivity contribution in [2.75, 3.05) is 6.54 Å².